The van der Waals surface area contributed by atoms with Gasteiger partial charge in [0.1, 0.15) is 12.4 Å². The molecule has 2 aromatic rings. The number of hydrogen-bond acceptors (Lipinski definition) is 4. The van der Waals surface area contributed by atoms with Crippen molar-refractivity contribution in [2.75, 3.05) is 19.5 Å². The summed E-state index contributed by atoms with van der Waals surface area (Å²) >= 11 is 0. The van der Waals surface area contributed by atoms with Gasteiger partial charge in [-0.3, -0.25) is 4.79 Å². The van der Waals surface area contributed by atoms with Crippen molar-refractivity contribution in [3.8, 4) is 11.5 Å². The molecule has 1 aromatic carbocycles. The fourth-order valence-electron chi connectivity index (χ4n) is 1.67. The van der Waals surface area contributed by atoms with Gasteiger partial charge in [-0.05, 0) is 36.4 Å². The zero-order chi connectivity index (χ0) is 13.7. The number of hydrogen-bond donors (Lipinski definition) is 1. The van der Waals surface area contributed by atoms with E-state index in [4.69, 9.17) is 15.2 Å². The molecule has 19 heavy (non-hydrogen) atoms. The third-order valence-electron chi connectivity index (χ3n) is 2.69. The van der Waals surface area contributed by atoms with E-state index in [1.165, 1.54) is 7.11 Å². The van der Waals surface area contributed by atoms with Gasteiger partial charge >= 0.3 is 0 Å². The molecule has 0 aliphatic rings. The molecule has 2 N–H and O–H groups in total. The SMILES string of the molecule is COc1cccn(CCOc2ccc(N)cc2)c1=O. The number of methoxy groups -OCH3 is 1. The summed E-state index contributed by atoms with van der Waals surface area (Å²) < 4.78 is 12.1. The standard InChI is InChI=1S/C14H16N2O3/c1-18-13-3-2-8-16(14(13)17)9-10-19-12-6-4-11(15)5-7-12/h2-8H,9-10,15H2,1H3. The van der Waals surface area contributed by atoms with E-state index < -0.39 is 0 Å². The molecule has 5 heteroatoms. The van der Waals surface area contributed by atoms with Crippen molar-refractivity contribution in [3.05, 3.63) is 52.9 Å². The van der Waals surface area contributed by atoms with Crippen LogP contribution in [0.15, 0.2) is 47.4 Å². The Morgan fingerprint density at radius 2 is 1.95 bits per heavy atom. The first kappa shape index (κ1) is 13.0. The molecule has 0 bridgehead atoms. The Labute approximate surface area is 111 Å². The number of aromatic nitrogens is 1. The topological polar surface area (TPSA) is 66.5 Å². The summed E-state index contributed by atoms with van der Waals surface area (Å²) in [4.78, 5) is 11.9. The van der Waals surface area contributed by atoms with Crippen LogP contribution in [-0.4, -0.2) is 18.3 Å². The zero-order valence-electron chi connectivity index (χ0n) is 10.7. The quantitative estimate of drug-likeness (QED) is 0.828. The van der Waals surface area contributed by atoms with Gasteiger partial charge in [0.15, 0.2) is 5.75 Å². The van der Waals surface area contributed by atoms with Crippen molar-refractivity contribution < 1.29 is 9.47 Å². The molecule has 0 amide bonds. The van der Waals surface area contributed by atoms with Gasteiger partial charge in [0.2, 0.25) is 0 Å². The van der Waals surface area contributed by atoms with E-state index in [0.29, 0.717) is 24.6 Å². The van der Waals surface area contributed by atoms with Crippen LogP contribution in [0.5, 0.6) is 11.5 Å². The van der Waals surface area contributed by atoms with Crippen LogP contribution in [0.4, 0.5) is 5.69 Å². The molecule has 1 heterocycles. The van der Waals surface area contributed by atoms with Gasteiger partial charge in [-0.2, -0.15) is 0 Å². The lowest BCUT2D eigenvalue weighted by Gasteiger charge is -2.09. The first-order valence-corrected chi connectivity index (χ1v) is 5.92. The number of nitrogens with two attached hydrogens (primary N) is 1. The van der Waals surface area contributed by atoms with Crippen molar-refractivity contribution in [2.24, 2.45) is 0 Å². The van der Waals surface area contributed by atoms with Crippen LogP contribution in [0.25, 0.3) is 0 Å². The highest BCUT2D eigenvalue weighted by atomic mass is 16.5. The molecule has 100 valence electrons. The summed E-state index contributed by atoms with van der Waals surface area (Å²) in [5.74, 6) is 1.06. The Balaban J connectivity index is 1.96. The lowest BCUT2D eigenvalue weighted by atomic mass is 10.3. The number of ether oxygens (including phenoxy) is 2. The lowest BCUT2D eigenvalue weighted by molar-refractivity contribution is 0.294. The van der Waals surface area contributed by atoms with Gasteiger partial charge < -0.3 is 19.8 Å². The smallest absolute Gasteiger partial charge is 0.292 e. The molecule has 0 saturated heterocycles. The summed E-state index contributed by atoms with van der Waals surface area (Å²) in [5.41, 5.74) is 6.11. The second kappa shape index (κ2) is 5.95. The van der Waals surface area contributed by atoms with E-state index in [9.17, 15) is 4.79 Å². The summed E-state index contributed by atoms with van der Waals surface area (Å²) in [6.07, 6.45) is 1.71. The van der Waals surface area contributed by atoms with E-state index in [0.717, 1.165) is 5.75 Å². The highest BCUT2D eigenvalue weighted by Crippen LogP contribution is 2.12. The summed E-state index contributed by atoms with van der Waals surface area (Å²) in [5, 5.41) is 0. The van der Waals surface area contributed by atoms with Crippen LogP contribution >= 0.6 is 0 Å². The normalized spacial score (nSPS) is 10.2. The molecule has 0 aliphatic carbocycles. The fraction of sp³-hybridized carbons (Fsp3) is 0.214. The second-order valence-corrected chi connectivity index (χ2v) is 3.99. The number of pyridine rings is 1. The molecular formula is C14H16N2O3. The van der Waals surface area contributed by atoms with Gasteiger partial charge in [-0.15, -0.1) is 0 Å². The predicted octanol–water partition coefficient (Wildman–Crippen LogP) is 1.52. The minimum absolute atomic E-state index is 0.161. The maximum Gasteiger partial charge on any atom is 0.292 e. The Hall–Kier alpha value is -2.43. The van der Waals surface area contributed by atoms with E-state index in [-0.39, 0.29) is 5.56 Å². The molecule has 0 unspecified atom stereocenters. The molecular weight excluding hydrogens is 244 g/mol. The fourth-order valence-corrected chi connectivity index (χ4v) is 1.67. The summed E-state index contributed by atoms with van der Waals surface area (Å²) in [6, 6.07) is 10.5. The Kier molecular flexibility index (Phi) is 4.07. The van der Waals surface area contributed by atoms with Gasteiger partial charge in [-0.25, -0.2) is 0 Å². The van der Waals surface area contributed by atoms with Gasteiger partial charge in [0.05, 0.1) is 13.7 Å². The summed E-state index contributed by atoms with van der Waals surface area (Å²) in [6.45, 7) is 0.859. The van der Waals surface area contributed by atoms with Crippen molar-refractivity contribution in [1.82, 2.24) is 4.57 Å². The van der Waals surface area contributed by atoms with Crippen molar-refractivity contribution >= 4 is 5.69 Å². The molecule has 0 atom stereocenters. The van der Waals surface area contributed by atoms with Gasteiger partial charge in [0, 0.05) is 11.9 Å². The number of nitrogens with zero attached hydrogens (tertiary/aromatic N) is 1. The predicted molar refractivity (Wildman–Crippen MR) is 73.6 cm³/mol. The number of nitrogen functional groups attached to an aromatic ring is 1. The molecule has 0 fully saturated rings. The monoisotopic (exact) mass is 260 g/mol. The number of benzene rings is 1. The third-order valence-corrected chi connectivity index (χ3v) is 2.69. The Morgan fingerprint density at radius 1 is 1.21 bits per heavy atom. The largest absolute Gasteiger partial charge is 0.492 e. The molecule has 0 spiro atoms. The highest BCUT2D eigenvalue weighted by Gasteiger charge is 2.02. The van der Waals surface area contributed by atoms with Crippen LogP contribution in [-0.2, 0) is 6.54 Å². The second-order valence-electron chi connectivity index (χ2n) is 3.99. The summed E-state index contributed by atoms with van der Waals surface area (Å²) in [7, 11) is 1.48. The van der Waals surface area contributed by atoms with Crippen LogP contribution in [0.1, 0.15) is 0 Å². The lowest BCUT2D eigenvalue weighted by Crippen LogP contribution is -2.23. The number of anilines is 1. The number of rotatable bonds is 5. The van der Waals surface area contributed by atoms with Crippen LogP contribution < -0.4 is 20.8 Å². The van der Waals surface area contributed by atoms with E-state index >= 15 is 0 Å². The first-order chi connectivity index (χ1) is 9.20. The molecule has 0 aliphatic heterocycles. The molecule has 2 rings (SSSR count). The third kappa shape index (κ3) is 3.28. The molecule has 5 nitrogen and oxygen atoms in total. The maximum absolute atomic E-state index is 11.9. The van der Waals surface area contributed by atoms with Crippen LogP contribution in [0.2, 0.25) is 0 Å². The molecule has 0 saturated carbocycles. The van der Waals surface area contributed by atoms with E-state index in [2.05, 4.69) is 0 Å². The molecule has 0 radical (unpaired) electrons. The van der Waals surface area contributed by atoms with Gasteiger partial charge in [0.25, 0.3) is 5.56 Å². The Bertz CT molecular complexity index is 590. The minimum atomic E-state index is -0.161. The Morgan fingerprint density at radius 3 is 2.63 bits per heavy atom. The molecule has 1 aromatic heterocycles. The van der Waals surface area contributed by atoms with Crippen LogP contribution in [0.3, 0.4) is 0 Å². The minimum Gasteiger partial charge on any atom is -0.492 e. The average Bonchev–Trinajstić information content (AvgIpc) is 2.43. The maximum atomic E-state index is 11.9. The van der Waals surface area contributed by atoms with Gasteiger partial charge in [-0.1, -0.05) is 0 Å². The first-order valence-electron chi connectivity index (χ1n) is 5.92. The van der Waals surface area contributed by atoms with Crippen molar-refractivity contribution in [3.63, 3.8) is 0 Å². The average molecular weight is 260 g/mol. The van der Waals surface area contributed by atoms with Crippen molar-refractivity contribution in [2.45, 2.75) is 6.54 Å². The van der Waals surface area contributed by atoms with E-state index in [1.54, 1.807) is 47.2 Å². The zero-order valence-corrected chi connectivity index (χ0v) is 10.7. The van der Waals surface area contributed by atoms with Crippen LogP contribution in [0, 0.1) is 0 Å². The highest BCUT2D eigenvalue weighted by molar-refractivity contribution is 5.41. The van der Waals surface area contributed by atoms with E-state index in [1.807, 2.05) is 0 Å². The van der Waals surface area contributed by atoms with Crippen molar-refractivity contribution in [1.29, 1.82) is 0 Å².